The van der Waals surface area contributed by atoms with Crippen molar-refractivity contribution in [1.82, 2.24) is 15.4 Å². The molecule has 0 atom stereocenters. The van der Waals surface area contributed by atoms with Gasteiger partial charge in [-0.1, -0.05) is 6.42 Å². The first-order valence-corrected chi connectivity index (χ1v) is 6.41. The number of nitrogens with zero attached hydrogens (tertiary/aromatic N) is 2. The van der Waals surface area contributed by atoms with E-state index in [1.54, 1.807) is 18.3 Å². The quantitative estimate of drug-likeness (QED) is 0.630. The number of hydrogen-bond acceptors (Lipinski definition) is 4. The summed E-state index contributed by atoms with van der Waals surface area (Å²) in [5, 5.41) is 0. The number of amides is 1. The van der Waals surface area contributed by atoms with Crippen molar-refractivity contribution in [2.75, 3.05) is 26.2 Å². The summed E-state index contributed by atoms with van der Waals surface area (Å²) in [6.45, 7) is 3.67. The molecule has 1 N–H and O–H groups in total. The fraction of sp³-hybridized carbons (Fsp3) is 0.538. The lowest BCUT2D eigenvalue weighted by Gasteiger charge is -2.25. The third kappa shape index (κ3) is 4.09. The molecule has 1 saturated heterocycles. The Kier molecular flexibility index (Phi) is 5.11. The number of aromatic nitrogens is 1. The molecule has 0 saturated carbocycles. The van der Waals surface area contributed by atoms with Crippen molar-refractivity contribution >= 4 is 5.91 Å². The van der Waals surface area contributed by atoms with Gasteiger partial charge in [-0.25, -0.2) is 5.48 Å². The van der Waals surface area contributed by atoms with E-state index in [1.807, 2.05) is 0 Å². The molecule has 2 rings (SSSR count). The maximum Gasteiger partial charge on any atom is 0.276 e. The second kappa shape index (κ2) is 7.08. The zero-order valence-electron chi connectivity index (χ0n) is 10.5. The predicted molar refractivity (Wildman–Crippen MR) is 67.9 cm³/mol. The number of hydrogen-bond donors (Lipinski definition) is 1. The smallest absolute Gasteiger partial charge is 0.276 e. The van der Waals surface area contributed by atoms with Gasteiger partial charge in [0.25, 0.3) is 5.91 Å². The van der Waals surface area contributed by atoms with Crippen LogP contribution in [-0.2, 0) is 4.84 Å². The zero-order valence-corrected chi connectivity index (χ0v) is 10.5. The van der Waals surface area contributed by atoms with Crippen LogP contribution in [0.2, 0.25) is 0 Å². The molecule has 0 spiro atoms. The maximum absolute atomic E-state index is 11.6. The summed E-state index contributed by atoms with van der Waals surface area (Å²) in [5.41, 5.74) is 2.94. The Labute approximate surface area is 107 Å². The van der Waals surface area contributed by atoms with Gasteiger partial charge in [-0.05, 0) is 38.1 Å². The highest BCUT2D eigenvalue weighted by atomic mass is 16.6. The molecule has 0 radical (unpaired) electrons. The topological polar surface area (TPSA) is 54.5 Å². The molecule has 18 heavy (non-hydrogen) atoms. The number of carbonyl (C=O) groups is 1. The van der Waals surface area contributed by atoms with Crippen LogP contribution in [0, 0.1) is 0 Å². The SMILES string of the molecule is O=C(NOCCN1CCCCC1)c1cccnc1. The van der Waals surface area contributed by atoms with E-state index in [2.05, 4.69) is 15.4 Å². The highest BCUT2D eigenvalue weighted by Gasteiger charge is 2.10. The molecule has 1 aliphatic heterocycles. The summed E-state index contributed by atoms with van der Waals surface area (Å²) in [5.74, 6) is -0.248. The van der Waals surface area contributed by atoms with Crippen molar-refractivity contribution < 1.29 is 9.63 Å². The van der Waals surface area contributed by atoms with E-state index < -0.39 is 0 Å². The van der Waals surface area contributed by atoms with Gasteiger partial charge in [-0.15, -0.1) is 0 Å². The van der Waals surface area contributed by atoms with Crippen LogP contribution in [0.5, 0.6) is 0 Å². The largest absolute Gasteiger partial charge is 0.301 e. The van der Waals surface area contributed by atoms with Crippen LogP contribution in [0.3, 0.4) is 0 Å². The van der Waals surface area contributed by atoms with Crippen molar-refractivity contribution in [2.24, 2.45) is 0 Å². The first kappa shape index (κ1) is 13.0. The zero-order chi connectivity index (χ0) is 12.6. The average Bonchev–Trinajstić information content (AvgIpc) is 2.45. The molecule has 1 aromatic rings. The Morgan fingerprint density at radius 2 is 2.22 bits per heavy atom. The normalized spacial score (nSPS) is 16.4. The molecule has 5 heteroatoms. The number of carbonyl (C=O) groups excluding carboxylic acids is 1. The first-order chi connectivity index (χ1) is 8.86. The average molecular weight is 249 g/mol. The van der Waals surface area contributed by atoms with Crippen LogP contribution in [0.4, 0.5) is 0 Å². The third-order valence-corrected chi connectivity index (χ3v) is 3.05. The third-order valence-electron chi connectivity index (χ3n) is 3.05. The van der Waals surface area contributed by atoms with E-state index in [-0.39, 0.29) is 5.91 Å². The molecule has 1 amide bonds. The monoisotopic (exact) mass is 249 g/mol. The Hall–Kier alpha value is -1.46. The summed E-state index contributed by atoms with van der Waals surface area (Å²) in [4.78, 5) is 23.0. The van der Waals surface area contributed by atoms with Gasteiger partial charge in [0.05, 0.1) is 12.2 Å². The minimum atomic E-state index is -0.248. The maximum atomic E-state index is 11.6. The summed E-state index contributed by atoms with van der Waals surface area (Å²) in [6, 6.07) is 3.43. The van der Waals surface area contributed by atoms with Crippen LogP contribution in [-0.4, -0.2) is 42.0 Å². The number of likely N-dealkylation sites (tertiary alicyclic amines) is 1. The van der Waals surface area contributed by atoms with Gasteiger partial charge in [0.1, 0.15) is 0 Å². The van der Waals surface area contributed by atoms with E-state index in [9.17, 15) is 4.79 Å². The Morgan fingerprint density at radius 3 is 2.94 bits per heavy atom. The fourth-order valence-corrected chi connectivity index (χ4v) is 2.03. The predicted octanol–water partition coefficient (Wildman–Crippen LogP) is 1.23. The summed E-state index contributed by atoms with van der Waals surface area (Å²) in [6.07, 6.45) is 7.01. The van der Waals surface area contributed by atoms with E-state index in [0.717, 1.165) is 19.6 Å². The minimum absolute atomic E-state index is 0.248. The van der Waals surface area contributed by atoms with Gasteiger partial charge in [0.15, 0.2) is 0 Å². The second-order valence-electron chi connectivity index (χ2n) is 4.42. The highest BCUT2D eigenvalue weighted by Crippen LogP contribution is 2.07. The van der Waals surface area contributed by atoms with Crippen LogP contribution in [0.1, 0.15) is 29.6 Å². The Morgan fingerprint density at radius 1 is 1.39 bits per heavy atom. The molecule has 0 unspecified atom stereocenters. The summed E-state index contributed by atoms with van der Waals surface area (Å²) >= 11 is 0. The fourth-order valence-electron chi connectivity index (χ4n) is 2.03. The molecule has 0 bridgehead atoms. The summed E-state index contributed by atoms with van der Waals surface area (Å²) in [7, 11) is 0. The van der Waals surface area contributed by atoms with Crippen LogP contribution < -0.4 is 5.48 Å². The molecule has 5 nitrogen and oxygen atoms in total. The Balaban J connectivity index is 1.62. The van der Waals surface area contributed by atoms with Crippen molar-refractivity contribution in [2.45, 2.75) is 19.3 Å². The number of rotatable bonds is 5. The van der Waals surface area contributed by atoms with Gasteiger partial charge >= 0.3 is 0 Å². The summed E-state index contributed by atoms with van der Waals surface area (Å²) < 4.78 is 0. The van der Waals surface area contributed by atoms with E-state index in [0.29, 0.717) is 12.2 Å². The number of hydroxylamine groups is 1. The highest BCUT2D eigenvalue weighted by molar-refractivity contribution is 5.92. The van der Waals surface area contributed by atoms with Crippen molar-refractivity contribution in [3.05, 3.63) is 30.1 Å². The van der Waals surface area contributed by atoms with Crippen molar-refractivity contribution in [3.8, 4) is 0 Å². The molecular weight excluding hydrogens is 230 g/mol. The molecule has 1 aromatic heterocycles. The second-order valence-corrected chi connectivity index (χ2v) is 4.42. The molecule has 0 aliphatic carbocycles. The van der Waals surface area contributed by atoms with Gasteiger partial charge in [-0.2, -0.15) is 0 Å². The number of piperidine rings is 1. The van der Waals surface area contributed by atoms with Gasteiger partial charge in [0, 0.05) is 18.9 Å². The van der Waals surface area contributed by atoms with Gasteiger partial charge < -0.3 is 4.90 Å². The van der Waals surface area contributed by atoms with Crippen LogP contribution >= 0.6 is 0 Å². The lowest BCUT2D eigenvalue weighted by molar-refractivity contribution is 0.0206. The molecular formula is C13H19N3O2. The molecule has 2 heterocycles. The first-order valence-electron chi connectivity index (χ1n) is 6.41. The van der Waals surface area contributed by atoms with E-state index in [4.69, 9.17) is 4.84 Å². The number of nitrogens with one attached hydrogen (secondary N) is 1. The standard InChI is InChI=1S/C13H19N3O2/c17-13(12-5-4-6-14-11-12)15-18-10-9-16-7-2-1-3-8-16/h4-6,11H,1-3,7-10H2,(H,15,17). The van der Waals surface area contributed by atoms with E-state index in [1.165, 1.54) is 25.5 Å². The Bertz CT molecular complexity index is 364. The minimum Gasteiger partial charge on any atom is -0.301 e. The van der Waals surface area contributed by atoms with Crippen LogP contribution in [0.25, 0.3) is 0 Å². The lowest BCUT2D eigenvalue weighted by Crippen LogP contribution is -2.35. The number of pyridine rings is 1. The van der Waals surface area contributed by atoms with Crippen LogP contribution in [0.15, 0.2) is 24.5 Å². The van der Waals surface area contributed by atoms with Gasteiger partial charge in [0.2, 0.25) is 0 Å². The molecule has 1 aliphatic rings. The molecule has 0 aromatic carbocycles. The molecule has 98 valence electrons. The van der Waals surface area contributed by atoms with E-state index >= 15 is 0 Å². The van der Waals surface area contributed by atoms with Crippen molar-refractivity contribution in [3.63, 3.8) is 0 Å². The van der Waals surface area contributed by atoms with Crippen molar-refractivity contribution in [1.29, 1.82) is 0 Å². The van der Waals surface area contributed by atoms with Gasteiger partial charge in [-0.3, -0.25) is 14.6 Å². The molecule has 1 fully saturated rings. The lowest BCUT2D eigenvalue weighted by atomic mass is 10.1.